The largest absolute Gasteiger partial charge is 0.493 e. The van der Waals surface area contributed by atoms with Crippen LogP contribution in [0.5, 0.6) is 11.5 Å². The van der Waals surface area contributed by atoms with Gasteiger partial charge in [-0.1, -0.05) is 11.6 Å². The van der Waals surface area contributed by atoms with Crippen LogP contribution in [0.25, 0.3) is 0 Å². The van der Waals surface area contributed by atoms with E-state index in [1.807, 2.05) is 12.1 Å². The first-order valence-electron chi connectivity index (χ1n) is 6.23. The number of hydrogen-bond acceptors (Lipinski definition) is 4. The summed E-state index contributed by atoms with van der Waals surface area (Å²) in [6.07, 6.45) is 4.25. The monoisotopic (exact) mass is 293 g/mol. The third-order valence-electron chi connectivity index (χ3n) is 2.86. The van der Waals surface area contributed by atoms with Gasteiger partial charge in [-0.15, -0.1) is 0 Å². The summed E-state index contributed by atoms with van der Waals surface area (Å²) in [6.45, 7) is 0.395. The first-order valence-corrected chi connectivity index (χ1v) is 6.61. The Labute approximate surface area is 122 Å². The van der Waals surface area contributed by atoms with Gasteiger partial charge in [0.25, 0.3) is 0 Å². The number of rotatable bonds is 6. The van der Waals surface area contributed by atoms with Gasteiger partial charge < -0.3 is 14.6 Å². The molecular weight excluding hydrogens is 278 g/mol. The molecule has 0 bridgehead atoms. The van der Waals surface area contributed by atoms with Crippen LogP contribution >= 0.6 is 11.6 Å². The van der Waals surface area contributed by atoms with Crippen LogP contribution in [0.2, 0.25) is 5.02 Å². The van der Waals surface area contributed by atoms with Crippen LogP contribution in [0.3, 0.4) is 0 Å². The average Bonchev–Trinajstić information content (AvgIpc) is 2.49. The third-order valence-corrected chi connectivity index (χ3v) is 3.14. The lowest BCUT2D eigenvalue weighted by Crippen LogP contribution is -2.04. The lowest BCUT2D eigenvalue weighted by Gasteiger charge is -2.13. The molecule has 0 aliphatic heterocycles. The molecule has 0 saturated heterocycles. The topological polar surface area (TPSA) is 51.6 Å². The predicted molar refractivity (Wildman–Crippen MR) is 77.4 cm³/mol. The normalized spacial score (nSPS) is 10.3. The number of nitrogens with zero attached hydrogens (tertiary/aromatic N) is 1. The number of ether oxygens (including phenoxy) is 2. The van der Waals surface area contributed by atoms with E-state index in [1.54, 1.807) is 31.6 Å². The predicted octanol–water partition coefficient (Wildman–Crippen LogP) is 2.86. The summed E-state index contributed by atoms with van der Waals surface area (Å²) >= 11 is 6.15. The Morgan fingerprint density at radius 1 is 1.20 bits per heavy atom. The molecule has 5 heteroatoms. The van der Waals surface area contributed by atoms with Crippen molar-refractivity contribution in [1.29, 1.82) is 0 Å². The minimum Gasteiger partial charge on any atom is -0.493 e. The smallest absolute Gasteiger partial charge is 0.179 e. The van der Waals surface area contributed by atoms with Crippen LogP contribution in [0, 0.1) is 0 Å². The van der Waals surface area contributed by atoms with Gasteiger partial charge in [0.05, 0.1) is 25.3 Å². The van der Waals surface area contributed by atoms with Crippen LogP contribution in [0.1, 0.15) is 11.1 Å². The minimum atomic E-state index is -0.0899. The number of aromatic nitrogens is 1. The summed E-state index contributed by atoms with van der Waals surface area (Å²) in [4.78, 5) is 3.97. The summed E-state index contributed by atoms with van der Waals surface area (Å²) in [5.41, 5.74) is 1.83. The average molecular weight is 294 g/mol. The minimum absolute atomic E-state index is 0.0899. The van der Waals surface area contributed by atoms with Crippen molar-refractivity contribution in [3.63, 3.8) is 0 Å². The summed E-state index contributed by atoms with van der Waals surface area (Å²) in [7, 11) is 1.54. The first-order chi connectivity index (χ1) is 9.74. The highest BCUT2D eigenvalue weighted by molar-refractivity contribution is 6.32. The first kappa shape index (κ1) is 14.6. The lowest BCUT2D eigenvalue weighted by atomic mass is 10.2. The van der Waals surface area contributed by atoms with Gasteiger partial charge in [0.15, 0.2) is 11.5 Å². The fourth-order valence-corrected chi connectivity index (χ4v) is 2.11. The second-order valence-corrected chi connectivity index (χ2v) is 4.63. The third kappa shape index (κ3) is 3.62. The number of pyridine rings is 1. The Kier molecular flexibility index (Phi) is 5.21. The maximum absolute atomic E-state index is 9.14. The number of halogens is 1. The zero-order valence-corrected chi connectivity index (χ0v) is 11.9. The molecule has 0 radical (unpaired) electrons. The SMILES string of the molecule is COc1cc(CO)cc(Cl)c1OCCc1ccncc1. The van der Waals surface area contributed by atoms with Crippen molar-refractivity contribution in [1.82, 2.24) is 4.98 Å². The number of methoxy groups -OCH3 is 1. The number of aliphatic hydroxyl groups excluding tert-OH is 1. The molecule has 0 aliphatic rings. The molecule has 0 saturated carbocycles. The zero-order chi connectivity index (χ0) is 14.4. The lowest BCUT2D eigenvalue weighted by molar-refractivity contribution is 0.277. The number of benzene rings is 1. The molecule has 2 rings (SSSR count). The van der Waals surface area contributed by atoms with Gasteiger partial charge in [-0.3, -0.25) is 4.98 Å². The van der Waals surface area contributed by atoms with Gasteiger partial charge in [0.1, 0.15) is 0 Å². The van der Waals surface area contributed by atoms with Gasteiger partial charge in [0.2, 0.25) is 0 Å². The van der Waals surface area contributed by atoms with Crippen molar-refractivity contribution < 1.29 is 14.6 Å². The van der Waals surface area contributed by atoms with E-state index in [-0.39, 0.29) is 6.61 Å². The van der Waals surface area contributed by atoms with Crippen molar-refractivity contribution in [3.05, 3.63) is 52.8 Å². The molecule has 20 heavy (non-hydrogen) atoms. The molecule has 0 spiro atoms. The molecular formula is C15H16ClNO3. The summed E-state index contributed by atoms with van der Waals surface area (Å²) in [5, 5.41) is 9.57. The fraction of sp³-hybridized carbons (Fsp3) is 0.267. The van der Waals surface area contributed by atoms with Crippen LogP contribution in [-0.4, -0.2) is 23.8 Å². The van der Waals surface area contributed by atoms with E-state index in [0.717, 1.165) is 12.0 Å². The molecule has 1 aromatic heterocycles. The molecule has 0 fully saturated rings. The van der Waals surface area contributed by atoms with Crippen molar-refractivity contribution in [2.45, 2.75) is 13.0 Å². The Morgan fingerprint density at radius 2 is 1.95 bits per heavy atom. The van der Waals surface area contributed by atoms with E-state index < -0.39 is 0 Å². The standard InChI is InChI=1S/C15H16ClNO3/c1-19-14-9-12(10-18)8-13(16)15(14)20-7-4-11-2-5-17-6-3-11/h2-3,5-6,8-9,18H,4,7,10H2,1H3. The van der Waals surface area contributed by atoms with Gasteiger partial charge >= 0.3 is 0 Å². The van der Waals surface area contributed by atoms with Crippen molar-refractivity contribution >= 4 is 11.6 Å². The van der Waals surface area contributed by atoms with Crippen molar-refractivity contribution in [2.75, 3.05) is 13.7 Å². The molecule has 0 aliphatic carbocycles. The van der Waals surface area contributed by atoms with Crippen LogP contribution < -0.4 is 9.47 Å². The molecule has 1 heterocycles. The van der Waals surface area contributed by atoms with Gasteiger partial charge in [-0.25, -0.2) is 0 Å². The fourth-order valence-electron chi connectivity index (χ4n) is 1.82. The number of aliphatic hydroxyl groups is 1. The van der Waals surface area contributed by atoms with Crippen molar-refractivity contribution in [3.8, 4) is 11.5 Å². The summed E-state index contributed by atoms with van der Waals surface area (Å²) in [5.74, 6) is 1.02. The summed E-state index contributed by atoms with van der Waals surface area (Å²) in [6, 6.07) is 7.27. The van der Waals surface area contributed by atoms with Crippen LogP contribution in [-0.2, 0) is 13.0 Å². The van der Waals surface area contributed by atoms with E-state index in [0.29, 0.717) is 28.7 Å². The highest BCUT2D eigenvalue weighted by Crippen LogP contribution is 2.36. The highest BCUT2D eigenvalue weighted by atomic mass is 35.5. The van der Waals surface area contributed by atoms with E-state index in [2.05, 4.69) is 4.98 Å². The Balaban J connectivity index is 2.05. The molecule has 2 aromatic rings. The van der Waals surface area contributed by atoms with Gasteiger partial charge in [0, 0.05) is 18.8 Å². The quantitative estimate of drug-likeness (QED) is 0.890. The van der Waals surface area contributed by atoms with Gasteiger partial charge in [-0.2, -0.15) is 0 Å². The molecule has 1 aromatic carbocycles. The van der Waals surface area contributed by atoms with Gasteiger partial charge in [-0.05, 0) is 35.4 Å². The maximum atomic E-state index is 9.14. The second-order valence-electron chi connectivity index (χ2n) is 4.22. The van der Waals surface area contributed by atoms with E-state index in [1.165, 1.54) is 0 Å². The van der Waals surface area contributed by atoms with Crippen molar-refractivity contribution in [2.24, 2.45) is 0 Å². The Morgan fingerprint density at radius 3 is 2.60 bits per heavy atom. The molecule has 4 nitrogen and oxygen atoms in total. The zero-order valence-electron chi connectivity index (χ0n) is 11.2. The van der Waals surface area contributed by atoms with Crippen LogP contribution in [0.4, 0.5) is 0 Å². The van der Waals surface area contributed by atoms with E-state index >= 15 is 0 Å². The molecule has 0 atom stereocenters. The molecule has 106 valence electrons. The molecule has 0 amide bonds. The molecule has 1 N–H and O–H groups in total. The van der Waals surface area contributed by atoms with E-state index in [4.69, 9.17) is 26.2 Å². The Bertz CT molecular complexity index is 561. The summed E-state index contributed by atoms with van der Waals surface area (Å²) < 4.78 is 10.9. The molecule has 0 unspecified atom stereocenters. The second kappa shape index (κ2) is 7.12. The van der Waals surface area contributed by atoms with Crippen LogP contribution in [0.15, 0.2) is 36.7 Å². The van der Waals surface area contributed by atoms with E-state index in [9.17, 15) is 0 Å². The maximum Gasteiger partial charge on any atom is 0.179 e. The number of hydrogen-bond donors (Lipinski definition) is 1. The highest BCUT2D eigenvalue weighted by Gasteiger charge is 2.11. The Hall–Kier alpha value is -1.78.